The van der Waals surface area contributed by atoms with E-state index in [4.69, 9.17) is 0 Å². The van der Waals surface area contributed by atoms with Crippen molar-refractivity contribution in [3.8, 4) is 0 Å². The van der Waals surface area contributed by atoms with Gasteiger partial charge in [-0.25, -0.2) is 4.79 Å². The molecule has 1 aromatic carbocycles. The zero-order valence-corrected chi connectivity index (χ0v) is 13.2. The SMILES string of the molecule is C=NC1C(=O)N(CCCCI)C(=O)N1c1ccccc1. The van der Waals surface area contributed by atoms with E-state index in [0.717, 1.165) is 17.3 Å². The fourth-order valence-electron chi connectivity index (χ4n) is 2.15. The van der Waals surface area contributed by atoms with Gasteiger partial charge in [-0.15, -0.1) is 0 Å². The average molecular weight is 385 g/mol. The summed E-state index contributed by atoms with van der Waals surface area (Å²) in [5.41, 5.74) is 0.666. The number of rotatable bonds is 6. The third-order valence-electron chi connectivity index (χ3n) is 3.14. The molecule has 5 nitrogen and oxygen atoms in total. The van der Waals surface area contributed by atoms with Crippen LogP contribution in [0.4, 0.5) is 10.5 Å². The van der Waals surface area contributed by atoms with Gasteiger partial charge in [0, 0.05) is 12.2 Å². The number of hydrogen-bond acceptors (Lipinski definition) is 3. The number of alkyl halides is 1. The van der Waals surface area contributed by atoms with Gasteiger partial charge < -0.3 is 0 Å². The Bertz CT molecular complexity index is 506. The third-order valence-corrected chi connectivity index (χ3v) is 3.90. The summed E-state index contributed by atoms with van der Waals surface area (Å²) < 4.78 is 1.01. The molecule has 1 atom stereocenters. The van der Waals surface area contributed by atoms with Gasteiger partial charge in [0.2, 0.25) is 6.17 Å². The van der Waals surface area contributed by atoms with Crippen LogP contribution in [0.15, 0.2) is 35.3 Å². The second kappa shape index (κ2) is 6.83. The standard InChI is InChI=1S/C14H16IN3O2/c1-16-12-13(19)17(10-6-5-9-15)14(20)18(12)11-7-3-2-4-8-11/h2-4,7-8,12H,1,5-6,9-10H2. The molecule has 6 heteroatoms. The maximum absolute atomic E-state index is 12.4. The van der Waals surface area contributed by atoms with Crippen LogP contribution in [0.1, 0.15) is 12.8 Å². The maximum Gasteiger partial charge on any atom is 0.333 e. The van der Waals surface area contributed by atoms with Gasteiger partial charge in [0.15, 0.2) is 0 Å². The van der Waals surface area contributed by atoms with Gasteiger partial charge in [0.1, 0.15) is 0 Å². The molecule has 1 saturated heterocycles. The van der Waals surface area contributed by atoms with Crippen molar-refractivity contribution in [1.29, 1.82) is 0 Å². The van der Waals surface area contributed by atoms with Crippen LogP contribution >= 0.6 is 22.6 Å². The van der Waals surface area contributed by atoms with E-state index < -0.39 is 6.17 Å². The number of halogens is 1. The van der Waals surface area contributed by atoms with Gasteiger partial charge in [0.05, 0.1) is 0 Å². The lowest BCUT2D eigenvalue weighted by Gasteiger charge is -2.18. The number of hydrogen-bond donors (Lipinski definition) is 0. The average Bonchev–Trinajstić information content (AvgIpc) is 2.72. The summed E-state index contributed by atoms with van der Waals surface area (Å²) >= 11 is 2.28. The Kier molecular flexibility index (Phi) is 5.11. The first kappa shape index (κ1) is 15.0. The van der Waals surface area contributed by atoms with Crippen molar-refractivity contribution in [2.24, 2.45) is 4.99 Å². The summed E-state index contributed by atoms with van der Waals surface area (Å²) in [4.78, 5) is 31.2. The molecule has 0 bridgehead atoms. The van der Waals surface area contributed by atoms with Crippen molar-refractivity contribution in [2.45, 2.75) is 19.0 Å². The number of imide groups is 1. The van der Waals surface area contributed by atoms with Crippen LogP contribution in [-0.2, 0) is 4.79 Å². The van der Waals surface area contributed by atoms with Crippen LogP contribution in [0.3, 0.4) is 0 Å². The molecule has 0 radical (unpaired) electrons. The number of nitrogens with zero attached hydrogens (tertiary/aromatic N) is 3. The second-order valence-electron chi connectivity index (χ2n) is 4.43. The topological polar surface area (TPSA) is 53.0 Å². The number of anilines is 1. The van der Waals surface area contributed by atoms with Crippen molar-refractivity contribution in [3.63, 3.8) is 0 Å². The summed E-state index contributed by atoms with van der Waals surface area (Å²) in [6, 6.07) is 8.78. The summed E-state index contributed by atoms with van der Waals surface area (Å²) in [5, 5.41) is 0. The Hall–Kier alpha value is -1.44. The molecular formula is C14H16IN3O2. The highest BCUT2D eigenvalue weighted by Gasteiger charge is 2.45. The first-order valence-corrected chi connectivity index (χ1v) is 7.94. The lowest BCUT2D eigenvalue weighted by atomic mass is 10.3. The van der Waals surface area contributed by atoms with Crippen LogP contribution in [0.5, 0.6) is 0 Å². The van der Waals surface area contributed by atoms with E-state index in [1.54, 1.807) is 12.1 Å². The molecule has 1 aliphatic rings. The first-order valence-electron chi connectivity index (χ1n) is 6.42. The Morgan fingerprint density at radius 2 is 1.90 bits per heavy atom. The molecule has 0 saturated carbocycles. The van der Waals surface area contributed by atoms with E-state index in [1.165, 1.54) is 9.80 Å². The predicted octanol–water partition coefficient (Wildman–Crippen LogP) is 2.70. The van der Waals surface area contributed by atoms with E-state index in [1.807, 2.05) is 18.2 Å². The van der Waals surface area contributed by atoms with E-state index >= 15 is 0 Å². The highest BCUT2D eigenvalue weighted by Crippen LogP contribution is 2.26. The van der Waals surface area contributed by atoms with Crippen molar-refractivity contribution in [2.75, 3.05) is 15.9 Å². The Morgan fingerprint density at radius 1 is 1.20 bits per heavy atom. The molecule has 1 unspecified atom stereocenters. The van der Waals surface area contributed by atoms with Crippen LogP contribution in [-0.4, -0.2) is 40.7 Å². The fraction of sp³-hybridized carbons (Fsp3) is 0.357. The van der Waals surface area contributed by atoms with E-state index in [0.29, 0.717) is 12.2 Å². The minimum Gasteiger partial charge on any atom is -0.270 e. The summed E-state index contributed by atoms with van der Waals surface area (Å²) in [5.74, 6) is -0.290. The molecular weight excluding hydrogens is 369 g/mol. The maximum atomic E-state index is 12.4. The normalized spacial score (nSPS) is 18.8. The Labute approximate surface area is 131 Å². The number of urea groups is 1. The highest BCUT2D eigenvalue weighted by atomic mass is 127. The molecule has 106 valence electrons. The van der Waals surface area contributed by atoms with Crippen molar-refractivity contribution >= 4 is 46.9 Å². The molecule has 1 fully saturated rings. The third kappa shape index (κ3) is 2.84. The number of amides is 3. The monoisotopic (exact) mass is 385 g/mol. The number of para-hydroxylation sites is 1. The van der Waals surface area contributed by atoms with E-state index in [2.05, 4.69) is 34.3 Å². The number of unbranched alkanes of at least 4 members (excludes halogenated alkanes) is 1. The second-order valence-corrected chi connectivity index (χ2v) is 5.51. The van der Waals surface area contributed by atoms with Crippen LogP contribution in [0, 0.1) is 0 Å². The summed E-state index contributed by atoms with van der Waals surface area (Å²) in [7, 11) is 0. The van der Waals surface area contributed by atoms with Crippen molar-refractivity contribution in [3.05, 3.63) is 30.3 Å². The van der Waals surface area contributed by atoms with Gasteiger partial charge in [-0.05, 0) is 36.1 Å². The Morgan fingerprint density at radius 3 is 2.50 bits per heavy atom. The molecule has 1 aliphatic heterocycles. The molecule has 0 spiro atoms. The molecule has 0 aromatic heterocycles. The Balaban J connectivity index is 2.22. The quantitative estimate of drug-likeness (QED) is 0.249. The zero-order chi connectivity index (χ0) is 14.5. The van der Waals surface area contributed by atoms with Crippen molar-refractivity contribution < 1.29 is 9.59 Å². The zero-order valence-electron chi connectivity index (χ0n) is 11.0. The molecule has 1 heterocycles. The molecule has 0 aliphatic carbocycles. The van der Waals surface area contributed by atoms with Gasteiger partial charge in [-0.2, -0.15) is 0 Å². The first-order chi connectivity index (χ1) is 9.70. The number of carbonyl (C=O) groups excluding carboxylic acids is 2. The largest absolute Gasteiger partial charge is 0.333 e. The van der Waals surface area contributed by atoms with Gasteiger partial charge in [0.25, 0.3) is 5.91 Å². The smallest absolute Gasteiger partial charge is 0.270 e. The van der Waals surface area contributed by atoms with Gasteiger partial charge >= 0.3 is 6.03 Å². The number of aliphatic imine (C=N–C) groups is 1. The number of carbonyl (C=O) groups is 2. The van der Waals surface area contributed by atoms with Crippen LogP contribution < -0.4 is 4.90 Å². The molecule has 2 rings (SSSR count). The lowest BCUT2D eigenvalue weighted by molar-refractivity contribution is -0.127. The predicted molar refractivity (Wildman–Crippen MR) is 87.5 cm³/mol. The highest BCUT2D eigenvalue weighted by molar-refractivity contribution is 14.1. The van der Waals surface area contributed by atoms with Crippen LogP contribution in [0.2, 0.25) is 0 Å². The molecule has 0 N–H and O–H groups in total. The van der Waals surface area contributed by atoms with E-state index in [-0.39, 0.29) is 11.9 Å². The minimum atomic E-state index is -0.843. The molecule has 1 aromatic rings. The summed E-state index contributed by atoms with van der Waals surface area (Å²) in [6.45, 7) is 3.88. The molecule has 20 heavy (non-hydrogen) atoms. The van der Waals surface area contributed by atoms with Crippen molar-refractivity contribution in [1.82, 2.24) is 4.90 Å². The number of benzene rings is 1. The molecule has 3 amide bonds. The van der Waals surface area contributed by atoms with Gasteiger partial charge in [-0.3, -0.25) is 19.6 Å². The van der Waals surface area contributed by atoms with Crippen LogP contribution in [0.25, 0.3) is 0 Å². The lowest BCUT2D eigenvalue weighted by Crippen LogP contribution is -2.34. The van der Waals surface area contributed by atoms with Gasteiger partial charge in [-0.1, -0.05) is 40.8 Å². The minimum absolute atomic E-state index is 0.290. The summed E-state index contributed by atoms with van der Waals surface area (Å²) in [6.07, 6.45) is 0.951. The fourth-order valence-corrected chi connectivity index (χ4v) is 2.69. The van der Waals surface area contributed by atoms with E-state index in [9.17, 15) is 9.59 Å².